The molecule has 14 nitrogen and oxygen atoms in total. The summed E-state index contributed by atoms with van der Waals surface area (Å²) < 4.78 is 41.8. The fraction of sp³-hybridized carbons (Fsp3) is 0.387. The molecule has 2 aromatic carbocycles. The zero-order valence-electron chi connectivity index (χ0n) is 27.4. The van der Waals surface area contributed by atoms with E-state index in [1.165, 1.54) is 54.5 Å². The van der Waals surface area contributed by atoms with Gasteiger partial charge in [0, 0.05) is 43.4 Å². The summed E-state index contributed by atoms with van der Waals surface area (Å²) in [5.74, 6) is 0.704. The van der Waals surface area contributed by atoms with Crippen molar-refractivity contribution in [2.24, 2.45) is 16.1 Å². The predicted octanol–water partition coefficient (Wildman–Crippen LogP) is 4.65. The number of carbonyl (C=O) groups excluding carboxylic acids is 1. The molecule has 0 radical (unpaired) electrons. The number of hydrogen-bond donors (Lipinski definition) is 4. The normalized spacial score (nSPS) is 16.2. The van der Waals surface area contributed by atoms with E-state index in [-0.39, 0.29) is 64.1 Å². The van der Waals surface area contributed by atoms with Crippen molar-refractivity contribution in [3.05, 3.63) is 56.3 Å². The SMILES string of the molecule is C#CCN1C(=O)COc2cc(F)c(/N=c3\snc4n3CC(C)(C)C4)cc21.COc1c(Cl)ccc(Cl)c1C(=O)O.CP(=O)(O)CCC(N)C(=O)O. The molecule has 270 valence electrons. The number of anilines is 1. The molecule has 0 fully saturated rings. The minimum atomic E-state index is -3.10. The number of amides is 1. The Morgan fingerprint density at radius 2 is 1.96 bits per heavy atom. The van der Waals surface area contributed by atoms with E-state index in [4.69, 9.17) is 59.9 Å². The lowest BCUT2D eigenvalue weighted by molar-refractivity contribution is -0.138. The maximum absolute atomic E-state index is 14.5. The van der Waals surface area contributed by atoms with E-state index < -0.39 is 31.2 Å². The van der Waals surface area contributed by atoms with Crippen molar-refractivity contribution in [2.45, 2.75) is 39.3 Å². The Kier molecular flexibility index (Phi) is 13.6. The summed E-state index contributed by atoms with van der Waals surface area (Å²) >= 11 is 12.6. The molecule has 0 bridgehead atoms. The molecule has 3 heterocycles. The highest BCUT2D eigenvalue weighted by Crippen LogP contribution is 2.38. The summed E-state index contributed by atoms with van der Waals surface area (Å²) in [5.41, 5.74) is 5.66. The van der Waals surface area contributed by atoms with Crippen molar-refractivity contribution in [1.29, 1.82) is 0 Å². The van der Waals surface area contributed by atoms with Crippen LogP contribution in [0.4, 0.5) is 15.8 Å². The van der Waals surface area contributed by atoms with Crippen molar-refractivity contribution in [3.8, 4) is 23.8 Å². The lowest BCUT2D eigenvalue weighted by Gasteiger charge is -2.28. The molecule has 5 rings (SSSR count). The fourth-order valence-electron chi connectivity index (χ4n) is 4.68. The van der Waals surface area contributed by atoms with Crippen LogP contribution < -0.4 is 24.9 Å². The molecule has 2 aliphatic rings. The molecule has 2 unspecified atom stereocenters. The third-order valence-electron chi connectivity index (χ3n) is 7.08. The van der Waals surface area contributed by atoms with Gasteiger partial charge in [0.1, 0.15) is 28.9 Å². The van der Waals surface area contributed by atoms with E-state index in [0.717, 1.165) is 18.8 Å². The standard InChI is InChI=1S/C18H17FN4O2S.C8H6Cl2O3.C5H12NO4P/c1-4-5-22-13-7-12(11(19)6-14(13)25-9-16(22)24)20-17-23-10-18(2,3)8-15(23)21-26-17;1-13-7-5(10)3-2-4(9)6(7)8(11)12;1-11(9,10)3-2-4(6)5(7)8/h1,6-7H,5,8-10H2,2-3H3;2-3H,1H3,(H,11,12);4H,2-3,6H2,1H3,(H,7,8)(H,9,10)/b20-17-;;. The van der Waals surface area contributed by atoms with Gasteiger partial charge >= 0.3 is 11.9 Å². The van der Waals surface area contributed by atoms with Crippen LogP contribution in [0.25, 0.3) is 0 Å². The molecule has 50 heavy (non-hydrogen) atoms. The first kappa shape index (κ1) is 40.5. The Morgan fingerprint density at radius 1 is 1.30 bits per heavy atom. The number of nitrogens with zero attached hydrogens (tertiary/aromatic N) is 4. The first-order valence-corrected chi connectivity index (χ1v) is 18.4. The summed E-state index contributed by atoms with van der Waals surface area (Å²) in [6.07, 6.45) is 6.22. The number of aliphatic carboxylic acids is 1. The lowest BCUT2D eigenvalue weighted by Crippen LogP contribution is -2.39. The summed E-state index contributed by atoms with van der Waals surface area (Å²) in [7, 11) is -1.77. The van der Waals surface area contributed by atoms with E-state index in [1.54, 1.807) is 0 Å². The van der Waals surface area contributed by atoms with Crippen molar-refractivity contribution in [1.82, 2.24) is 8.94 Å². The number of fused-ring (bicyclic) bond motifs is 2. The number of rotatable bonds is 8. The maximum Gasteiger partial charge on any atom is 0.341 e. The Bertz CT molecular complexity index is 1940. The van der Waals surface area contributed by atoms with Gasteiger partial charge in [-0.05, 0) is 30.0 Å². The second-order valence-corrected chi connectivity index (χ2v) is 16.0. The monoisotopic (exact) mass is 773 g/mol. The van der Waals surface area contributed by atoms with Crippen LogP contribution in [-0.4, -0.2) is 81.0 Å². The number of carbonyl (C=O) groups is 3. The Hall–Kier alpha value is -3.97. The zero-order chi connectivity index (χ0) is 37.6. The summed E-state index contributed by atoms with van der Waals surface area (Å²) in [4.78, 5) is 48.2. The van der Waals surface area contributed by atoms with E-state index in [9.17, 15) is 23.3 Å². The smallest absolute Gasteiger partial charge is 0.341 e. The number of carboxylic acids is 2. The summed E-state index contributed by atoms with van der Waals surface area (Å²) in [5, 5.41) is 17.4. The van der Waals surface area contributed by atoms with Gasteiger partial charge in [0.25, 0.3) is 5.91 Å². The van der Waals surface area contributed by atoms with E-state index in [0.29, 0.717) is 16.2 Å². The summed E-state index contributed by atoms with van der Waals surface area (Å²) in [6, 6.07) is 4.62. The molecule has 1 amide bonds. The second-order valence-electron chi connectivity index (χ2n) is 11.9. The highest BCUT2D eigenvalue weighted by atomic mass is 35.5. The van der Waals surface area contributed by atoms with Crippen molar-refractivity contribution in [3.63, 3.8) is 0 Å². The molecule has 2 atom stereocenters. The van der Waals surface area contributed by atoms with Crippen molar-refractivity contribution >= 4 is 71.3 Å². The highest BCUT2D eigenvalue weighted by molar-refractivity contribution is 7.57. The fourth-order valence-corrected chi connectivity index (χ4v) is 6.66. The number of halogens is 3. The summed E-state index contributed by atoms with van der Waals surface area (Å²) in [6.45, 7) is 6.24. The quantitative estimate of drug-likeness (QED) is 0.183. The number of aromatic carboxylic acids is 1. The van der Waals surface area contributed by atoms with E-state index >= 15 is 0 Å². The predicted molar refractivity (Wildman–Crippen MR) is 187 cm³/mol. The van der Waals surface area contributed by atoms with Crippen LogP contribution >= 0.6 is 42.1 Å². The average molecular weight is 775 g/mol. The molecule has 19 heteroatoms. The Morgan fingerprint density at radius 3 is 2.52 bits per heavy atom. The van der Waals surface area contributed by atoms with Crippen LogP contribution in [0.15, 0.2) is 29.3 Å². The van der Waals surface area contributed by atoms with Gasteiger partial charge in [0.15, 0.2) is 25.5 Å². The second kappa shape index (κ2) is 16.8. The highest BCUT2D eigenvalue weighted by Gasteiger charge is 2.31. The molecule has 2 aliphatic heterocycles. The molecular formula is C31H35Cl2FN5O9PS. The minimum Gasteiger partial charge on any atom is -0.494 e. The number of carboxylic acid groups (broad SMARTS) is 2. The first-order valence-electron chi connectivity index (χ1n) is 14.6. The van der Waals surface area contributed by atoms with Gasteiger partial charge in [-0.1, -0.05) is 43.0 Å². The number of hydrogen-bond acceptors (Lipinski definition) is 10. The van der Waals surface area contributed by atoms with Crippen LogP contribution in [0.3, 0.4) is 0 Å². The lowest BCUT2D eigenvalue weighted by atomic mass is 9.92. The van der Waals surface area contributed by atoms with Gasteiger partial charge in [-0.3, -0.25) is 19.1 Å². The number of methoxy groups -OCH3 is 1. The van der Waals surface area contributed by atoms with Crippen LogP contribution in [-0.2, 0) is 27.1 Å². The van der Waals surface area contributed by atoms with Crippen LogP contribution in [0.1, 0.15) is 36.5 Å². The van der Waals surface area contributed by atoms with Gasteiger partial charge in [-0.15, -0.1) is 6.42 Å². The van der Waals surface area contributed by atoms with E-state index in [2.05, 4.69) is 29.1 Å². The molecule has 0 aliphatic carbocycles. The van der Waals surface area contributed by atoms with Crippen LogP contribution in [0.2, 0.25) is 10.0 Å². The molecule has 5 N–H and O–H groups in total. The number of benzene rings is 2. The van der Waals surface area contributed by atoms with Crippen molar-refractivity contribution < 1.29 is 47.9 Å². The number of aromatic nitrogens is 2. The largest absolute Gasteiger partial charge is 0.494 e. The van der Waals surface area contributed by atoms with Gasteiger partial charge in [-0.2, -0.15) is 4.37 Å². The molecule has 0 saturated heterocycles. The first-order chi connectivity index (χ1) is 23.3. The van der Waals surface area contributed by atoms with Crippen LogP contribution in [0.5, 0.6) is 11.5 Å². The topological polar surface area (TPSA) is 207 Å². The Balaban J connectivity index is 0.000000236. The Labute approximate surface area is 300 Å². The zero-order valence-corrected chi connectivity index (χ0v) is 30.6. The van der Waals surface area contributed by atoms with Gasteiger partial charge in [0.05, 0.1) is 29.4 Å². The van der Waals surface area contributed by atoms with Gasteiger partial charge in [-0.25, -0.2) is 14.2 Å². The van der Waals surface area contributed by atoms with Crippen molar-refractivity contribution in [2.75, 3.05) is 38.0 Å². The third-order valence-corrected chi connectivity index (χ3v) is 9.56. The molecule has 0 saturated carbocycles. The average Bonchev–Trinajstić information content (AvgIpc) is 3.53. The molecule has 0 spiro atoms. The number of nitrogens with two attached hydrogens (primary N) is 1. The minimum absolute atomic E-state index is 0.0412. The number of terminal acetylenes is 1. The molecular weight excluding hydrogens is 739 g/mol. The molecule has 1 aromatic heterocycles. The van der Waals surface area contributed by atoms with Gasteiger partial charge < -0.3 is 34.9 Å². The third kappa shape index (κ3) is 10.5. The van der Waals surface area contributed by atoms with E-state index in [1.807, 2.05) is 4.57 Å². The van der Waals surface area contributed by atoms with Crippen LogP contribution in [0, 0.1) is 23.6 Å². The number of ether oxygens (including phenoxy) is 2. The maximum atomic E-state index is 14.5. The van der Waals surface area contributed by atoms with Gasteiger partial charge in [0.2, 0.25) is 4.80 Å². The molecule has 3 aromatic rings.